The van der Waals surface area contributed by atoms with E-state index >= 15 is 0 Å². The van der Waals surface area contributed by atoms with Gasteiger partial charge in [0.15, 0.2) is 0 Å². The van der Waals surface area contributed by atoms with E-state index in [4.69, 9.17) is 4.74 Å². The van der Waals surface area contributed by atoms with Crippen molar-refractivity contribution in [2.45, 2.75) is 99.0 Å². The molecule has 2 saturated carbocycles. The van der Waals surface area contributed by atoms with Gasteiger partial charge in [-0.25, -0.2) is 0 Å². The van der Waals surface area contributed by atoms with Crippen LogP contribution in [0.5, 0.6) is 0 Å². The lowest BCUT2D eigenvalue weighted by molar-refractivity contribution is -0.0374. The van der Waals surface area contributed by atoms with Crippen LogP contribution in [0.15, 0.2) is 0 Å². The van der Waals surface area contributed by atoms with Crippen LogP contribution in [0.3, 0.4) is 0 Å². The van der Waals surface area contributed by atoms with E-state index < -0.39 is 0 Å². The number of nitrogens with zero attached hydrogens (tertiary/aromatic N) is 1. The highest BCUT2D eigenvalue weighted by Gasteiger charge is 2.44. The maximum absolute atomic E-state index is 5.55. The van der Waals surface area contributed by atoms with E-state index in [0.29, 0.717) is 16.4 Å². The first kappa shape index (κ1) is 21.6. The Labute approximate surface area is 169 Å². The van der Waals surface area contributed by atoms with Gasteiger partial charge in [-0.05, 0) is 86.9 Å². The van der Waals surface area contributed by atoms with Gasteiger partial charge in [0.25, 0.3) is 0 Å². The zero-order valence-corrected chi connectivity index (χ0v) is 19.4. The van der Waals surface area contributed by atoms with Gasteiger partial charge in [-0.3, -0.25) is 4.90 Å². The van der Waals surface area contributed by atoms with Gasteiger partial charge in [0, 0.05) is 18.6 Å². The highest BCUT2D eigenvalue weighted by atomic mass is 16.5. The van der Waals surface area contributed by atoms with Crippen LogP contribution in [0.4, 0.5) is 0 Å². The van der Waals surface area contributed by atoms with Crippen LogP contribution in [0.1, 0.15) is 93.4 Å². The van der Waals surface area contributed by atoms with Crippen molar-refractivity contribution in [1.29, 1.82) is 0 Å². The third-order valence-electron chi connectivity index (χ3n) is 8.58. The highest BCUT2D eigenvalue weighted by Crippen LogP contribution is 2.53. The van der Waals surface area contributed by atoms with Crippen LogP contribution in [-0.2, 0) is 4.74 Å². The van der Waals surface area contributed by atoms with Gasteiger partial charge >= 0.3 is 0 Å². The Morgan fingerprint density at radius 1 is 0.741 bits per heavy atom. The summed E-state index contributed by atoms with van der Waals surface area (Å²) in [5.74, 6) is 3.82. The molecule has 0 radical (unpaired) electrons. The molecule has 1 saturated heterocycles. The fourth-order valence-corrected chi connectivity index (χ4v) is 6.50. The van der Waals surface area contributed by atoms with Gasteiger partial charge in [-0.2, -0.15) is 0 Å². The molecule has 0 aromatic rings. The number of hydrogen-bond donors (Lipinski definition) is 0. The van der Waals surface area contributed by atoms with E-state index in [0.717, 1.165) is 50.0 Å². The minimum Gasteiger partial charge on any atom is -0.379 e. The molecule has 0 N–H and O–H groups in total. The Hall–Kier alpha value is -0.0800. The molecule has 0 spiro atoms. The molecule has 3 fully saturated rings. The molecule has 27 heavy (non-hydrogen) atoms. The van der Waals surface area contributed by atoms with Gasteiger partial charge in [0.2, 0.25) is 0 Å². The van der Waals surface area contributed by atoms with Gasteiger partial charge in [-0.15, -0.1) is 0 Å². The summed E-state index contributed by atoms with van der Waals surface area (Å²) in [6.07, 6.45) is 10.2. The third kappa shape index (κ3) is 5.30. The molecule has 3 rings (SSSR count). The van der Waals surface area contributed by atoms with Crippen molar-refractivity contribution in [2.75, 3.05) is 26.3 Å². The average molecular weight is 378 g/mol. The van der Waals surface area contributed by atoms with Crippen LogP contribution in [0.25, 0.3) is 0 Å². The molecule has 1 aliphatic heterocycles. The molecule has 2 unspecified atom stereocenters. The van der Waals surface area contributed by atoms with Crippen LogP contribution in [0, 0.1) is 34.5 Å². The van der Waals surface area contributed by atoms with Gasteiger partial charge in [0.1, 0.15) is 0 Å². The van der Waals surface area contributed by atoms with Crippen LogP contribution >= 0.6 is 0 Å². The second kappa shape index (κ2) is 7.98. The van der Waals surface area contributed by atoms with Gasteiger partial charge in [0.05, 0.1) is 13.2 Å². The lowest BCUT2D eigenvalue weighted by Gasteiger charge is -2.50. The highest BCUT2D eigenvalue weighted by molar-refractivity contribution is 4.96. The molecule has 0 amide bonds. The standard InChI is InChI=1S/C25H47NO/c1-23(2,3)21-9-8-19(14-21)17-24(4,5)22-15-20(16-22)18-25(6,7)26-10-12-27-13-11-26/h19-22H,8-18H2,1-7H3. The number of morpholine rings is 1. The Bertz CT molecular complexity index is 477. The molecular weight excluding hydrogens is 330 g/mol. The first-order valence-corrected chi connectivity index (χ1v) is 11.8. The monoisotopic (exact) mass is 377 g/mol. The fourth-order valence-electron chi connectivity index (χ4n) is 6.50. The smallest absolute Gasteiger partial charge is 0.0594 e. The lowest BCUT2D eigenvalue weighted by atomic mass is 9.58. The molecule has 1 heterocycles. The minimum atomic E-state index is 0.342. The zero-order valence-electron chi connectivity index (χ0n) is 19.4. The Morgan fingerprint density at radius 2 is 1.33 bits per heavy atom. The van der Waals surface area contributed by atoms with Crippen LogP contribution in [-0.4, -0.2) is 36.7 Å². The summed E-state index contributed by atoms with van der Waals surface area (Å²) in [5, 5.41) is 0. The molecule has 2 heteroatoms. The second-order valence-electron chi connectivity index (χ2n) is 12.6. The zero-order chi connectivity index (χ0) is 19.9. The normalized spacial score (nSPS) is 33.9. The largest absolute Gasteiger partial charge is 0.379 e. The average Bonchev–Trinajstić information content (AvgIpc) is 2.99. The van der Waals surface area contributed by atoms with E-state index in [1.165, 1.54) is 44.9 Å². The molecule has 2 aliphatic carbocycles. The predicted molar refractivity (Wildman–Crippen MR) is 116 cm³/mol. The summed E-state index contributed by atoms with van der Waals surface area (Å²) in [4.78, 5) is 2.67. The molecule has 0 bridgehead atoms. The van der Waals surface area contributed by atoms with E-state index in [2.05, 4.69) is 53.4 Å². The minimum absolute atomic E-state index is 0.342. The molecule has 0 aromatic carbocycles. The predicted octanol–water partition coefficient (Wildman–Crippen LogP) is 6.39. The lowest BCUT2D eigenvalue weighted by Crippen LogP contribution is -2.52. The molecule has 2 nitrogen and oxygen atoms in total. The molecule has 0 aromatic heterocycles. The van der Waals surface area contributed by atoms with E-state index in [-0.39, 0.29) is 0 Å². The third-order valence-corrected chi connectivity index (χ3v) is 8.58. The summed E-state index contributed by atoms with van der Waals surface area (Å²) in [6.45, 7) is 21.5. The van der Waals surface area contributed by atoms with Crippen molar-refractivity contribution < 1.29 is 4.74 Å². The SMILES string of the molecule is CC(C)(C)C1CCC(CC(C)(C)C2CC(CC(C)(C)N3CCOCC3)C2)C1. The van der Waals surface area contributed by atoms with Crippen molar-refractivity contribution in [1.82, 2.24) is 4.90 Å². The van der Waals surface area contributed by atoms with Gasteiger partial charge in [-0.1, -0.05) is 41.0 Å². The van der Waals surface area contributed by atoms with Crippen molar-refractivity contribution >= 4 is 0 Å². The van der Waals surface area contributed by atoms with Crippen molar-refractivity contribution in [3.05, 3.63) is 0 Å². The molecule has 158 valence electrons. The molecule has 3 aliphatic rings. The molecule has 2 atom stereocenters. The number of ether oxygens (including phenoxy) is 1. The van der Waals surface area contributed by atoms with E-state index in [9.17, 15) is 0 Å². The summed E-state index contributed by atoms with van der Waals surface area (Å²) in [7, 11) is 0. The Balaban J connectivity index is 1.44. The van der Waals surface area contributed by atoms with Crippen molar-refractivity contribution in [3.63, 3.8) is 0 Å². The summed E-state index contributed by atoms with van der Waals surface area (Å²) >= 11 is 0. The maximum atomic E-state index is 5.55. The number of rotatable bonds is 6. The topological polar surface area (TPSA) is 12.5 Å². The summed E-state index contributed by atoms with van der Waals surface area (Å²) in [6, 6.07) is 0. The fraction of sp³-hybridized carbons (Fsp3) is 1.00. The first-order valence-electron chi connectivity index (χ1n) is 11.8. The second-order valence-corrected chi connectivity index (χ2v) is 12.6. The number of hydrogen-bond acceptors (Lipinski definition) is 2. The van der Waals surface area contributed by atoms with Gasteiger partial charge < -0.3 is 4.74 Å². The maximum Gasteiger partial charge on any atom is 0.0594 e. The van der Waals surface area contributed by atoms with Crippen molar-refractivity contribution in [2.24, 2.45) is 34.5 Å². The Morgan fingerprint density at radius 3 is 1.89 bits per heavy atom. The van der Waals surface area contributed by atoms with Crippen molar-refractivity contribution in [3.8, 4) is 0 Å². The Kier molecular flexibility index (Phi) is 6.39. The first-order chi connectivity index (χ1) is 12.5. The summed E-state index contributed by atoms with van der Waals surface area (Å²) in [5.41, 5.74) is 1.39. The summed E-state index contributed by atoms with van der Waals surface area (Å²) < 4.78 is 5.55. The molecular formula is C25H47NO. The quantitative estimate of drug-likeness (QED) is 0.531. The van der Waals surface area contributed by atoms with E-state index in [1.807, 2.05) is 0 Å². The van der Waals surface area contributed by atoms with Crippen LogP contribution in [0.2, 0.25) is 0 Å². The van der Waals surface area contributed by atoms with E-state index in [1.54, 1.807) is 0 Å². The van der Waals surface area contributed by atoms with Crippen LogP contribution < -0.4 is 0 Å².